The van der Waals surface area contributed by atoms with Gasteiger partial charge in [-0.3, -0.25) is 10.1 Å². The molecule has 0 radical (unpaired) electrons. The first-order valence-electron chi connectivity index (χ1n) is 8.08. The van der Waals surface area contributed by atoms with E-state index in [1.165, 1.54) is 12.1 Å². The molecule has 0 fully saturated rings. The number of nitro benzene ring substituents is 1. The molecule has 0 aliphatic rings. The van der Waals surface area contributed by atoms with Crippen LogP contribution < -0.4 is 10.1 Å². The zero-order valence-corrected chi connectivity index (χ0v) is 14.2. The third-order valence-corrected chi connectivity index (χ3v) is 3.80. The van der Waals surface area contributed by atoms with Gasteiger partial charge in [0.2, 0.25) is 0 Å². The van der Waals surface area contributed by atoms with Crippen LogP contribution in [0.25, 0.3) is 0 Å². The van der Waals surface area contributed by atoms with Crippen molar-refractivity contribution in [2.75, 3.05) is 5.32 Å². The van der Waals surface area contributed by atoms with E-state index in [0.717, 1.165) is 11.6 Å². The number of ether oxygens (including phenoxy) is 1. The van der Waals surface area contributed by atoms with Crippen molar-refractivity contribution in [3.63, 3.8) is 0 Å². The number of carbonyl (C=O) groups is 1. The number of carboxylic acids is 1. The minimum Gasteiger partial charge on any atom is -0.489 e. The fourth-order valence-corrected chi connectivity index (χ4v) is 2.48. The van der Waals surface area contributed by atoms with Gasteiger partial charge >= 0.3 is 5.97 Å². The smallest absolute Gasteiger partial charge is 0.335 e. The minimum atomic E-state index is -1.22. The van der Waals surface area contributed by atoms with Gasteiger partial charge in [-0.05, 0) is 29.8 Å². The largest absolute Gasteiger partial charge is 0.489 e. The lowest BCUT2D eigenvalue weighted by Crippen LogP contribution is -2.02. The standard InChI is InChI=1S/C20H16N2O5/c23-20(24)15-9-10-18(19(11-15)22(25)26)21-16-7-4-8-17(12-16)27-13-14-5-2-1-3-6-14/h1-12,21H,13H2,(H,23,24). The number of benzene rings is 3. The Labute approximate surface area is 155 Å². The molecule has 2 N–H and O–H groups in total. The molecule has 7 heteroatoms. The second-order valence-electron chi connectivity index (χ2n) is 5.72. The first kappa shape index (κ1) is 17.9. The van der Waals surface area contributed by atoms with E-state index in [1.807, 2.05) is 30.3 Å². The van der Waals surface area contributed by atoms with Crippen LogP contribution in [0.4, 0.5) is 17.1 Å². The molecule has 0 bridgehead atoms. The Balaban J connectivity index is 1.78. The lowest BCUT2D eigenvalue weighted by Gasteiger charge is -2.11. The lowest BCUT2D eigenvalue weighted by molar-refractivity contribution is -0.383. The highest BCUT2D eigenvalue weighted by Crippen LogP contribution is 2.30. The highest BCUT2D eigenvalue weighted by Gasteiger charge is 2.17. The molecule has 0 unspecified atom stereocenters. The summed E-state index contributed by atoms with van der Waals surface area (Å²) in [4.78, 5) is 21.7. The van der Waals surface area contributed by atoms with E-state index < -0.39 is 10.9 Å². The second kappa shape index (κ2) is 8.01. The number of nitrogens with one attached hydrogen (secondary N) is 1. The summed E-state index contributed by atoms with van der Waals surface area (Å²) in [5.41, 5.74) is 1.35. The quantitative estimate of drug-likeness (QED) is 0.469. The molecule has 3 rings (SSSR count). The highest BCUT2D eigenvalue weighted by molar-refractivity contribution is 5.90. The summed E-state index contributed by atoms with van der Waals surface area (Å²) in [6.45, 7) is 0.401. The molecule has 3 aromatic carbocycles. The van der Waals surface area contributed by atoms with Crippen LogP contribution >= 0.6 is 0 Å². The van der Waals surface area contributed by atoms with E-state index in [0.29, 0.717) is 18.0 Å². The predicted octanol–water partition coefficient (Wildman–Crippen LogP) is 4.62. The van der Waals surface area contributed by atoms with Gasteiger partial charge in [-0.25, -0.2) is 4.79 Å². The molecule has 3 aromatic rings. The summed E-state index contributed by atoms with van der Waals surface area (Å²) in [5, 5.41) is 23.2. The molecular weight excluding hydrogens is 348 g/mol. The Bertz CT molecular complexity index is 973. The third kappa shape index (κ3) is 4.60. The summed E-state index contributed by atoms with van der Waals surface area (Å²) in [6.07, 6.45) is 0. The number of carboxylic acid groups (broad SMARTS) is 1. The van der Waals surface area contributed by atoms with Gasteiger partial charge in [-0.1, -0.05) is 36.4 Å². The molecule has 136 valence electrons. The van der Waals surface area contributed by atoms with Crippen LogP contribution in [-0.2, 0) is 6.61 Å². The number of anilines is 2. The van der Waals surface area contributed by atoms with E-state index in [4.69, 9.17) is 9.84 Å². The average molecular weight is 364 g/mol. The number of nitrogens with zero attached hydrogens (tertiary/aromatic N) is 1. The zero-order valence-electron chi connectivity index (χ0n) is 14.2. The van der Waals surface area contributed by atoms with Crippen molar-refractivity contribution in [2.45, 2.75) is 6.61 Å². The molecule has 0 saturated carbocycles. The van der Waals surface area contributed by atoms with Crippen molar-refractivity contribution >= 4 is 23.0 Å². The molecule has 27 heavy (non-hydrogen) atoms. The van der Waals surface area contributed by atoms with E-state index in [1.54, 1.807) is 24.3 Å². The molecule has 0 aliphatic carbocycles. The lowest BCUT2D eigenvalue weighted by atomic mass is 10.1. The number of nitro groups is 1. The fourth-order valence-electron chi connectivity index (χ4n) is 2.48. The SMILES string of the molecule is O=C(O)c1ccc(Nc2cccc(OCc3ccccc3)c2)c([N+](=O)[O-])c1. The second-order valence-corrected chi connectivity index (χ2v) is 5.72. The summed E-state index contributed by atoms with van der Waals surface area (Å²) in [5.74, 6) is -0.616. The minimum absolute atomic E-state index is 0.146. The number of aromatic carboxylic acids is 1. The van der Waals surface area contributed by atoms with Crippen molar-refractivity contribution in [1.29, 1.82) is 0 Å². The summed E-state index contributed by atoms with van der Waals surface area (Å²) in [7, 11) is 0. The van der Waals surface area contributed by atoms with Crippen molar-refractivity contribution in [3.05, 3.63) is 94.0 Å². The van der Waals surface area contributed by atoms with Crippen molar-refractivity contribution in [1.82, 2.24) is 0 Å². The van der Waals surface area contributed by atoms with Crippen LogP contribution in [0.15, 0.2) is 72.8 Å². The van der Waals surface area contributed by atoms with Crippen LogP contribution in [0.3, 0.4) is 0 Å². The van der Waals surface area contributed by atoms with Gasteiger partial charge in [0.25, 0.3) is 5.69 Å². The summed E-state index contributed by atoms with van der Waals surface area (Å²) in [6, 6.07) is 20.4. The number of hydrogen-bond donors (Lipinski definition) is 2. The maximum atomic E-state index is 11.3. The van der Waals surface area contributed by atoms with Crippen LogP contribution in [0.2, 0.25) is 0 Å². The monoisotopic (exact) mass is 364 g/mol. The van der Waals surface area contributed by atoms with Crippen LogP contribution in [-0.4, -0.2) is 16.0 Å². The Morgan fingerprint density at radius 3 is 2.52 bits per heavy atom. The van der Waals surface area contributed by atoms with E-state index in [-0.39, 0.29) is 16.9 Å². The third-order valence-electron chi connectivity index (χ3n) is 3.80. The Morgan fingerprint density at radius 2 is 1.81 bits per heavy atom. The number of hydrogen-bond acceptors (Lipinski definition) is 5. The van der Waals surface area contributed by atoms with Crippen molar-refractivity contribution in [2.24, 2.45) is 0 Å². The first-order valence-corrected chi connectivity index (χ1v) is 8.08. The van der Waals surface area contributed by atoms with Crippen LogP contribution in [0, 0.1) is 10.1 Å². The maximum absolute atomic E-state index is 11.3. The molecule has 0 saturated heterocycles. The molecule has 0 spiro atoms. The molecule has 0 amide bonds. The van der Waals surface area contributed by atoms with Crippen molar-refractivity contribution < 1.29 is 19.6 Å². The Kier molecular flexibility index (Phi) is 5.32. The molecule has 7 nitrogen and oxygen atoms in total. The van der Waals surface area contributed by atoms with Gasteiger partial charge in [0.05, 0.1) is 10.5 Å². The first-order chi connectivity index (χ1) is 13.0. The number of rotatable bonds is 7. The normalized spacial score (nSPS) is 10.2. The Morgan fingerprint density at radius 1 is 1.04 bits per heavy atom. The van der Waals surface area contributed by atoms with Gasteiger partial charge in [0.1, 0.15) is 18.0 Å². The van der Waals surface area contributed by atoms with E-state index in [9.17, 15) is 14.9 Å². The Hall–Kier alpha value is -3.87. The zero-order chi connectivity index (χ0) is 19.2. The molecule has 0 atom stereocenters. The van der Waals surface area contributed by atoms with Crippen LogP contribution in [0.5, 0.6) is 5.75 Å². The maximum Gasteiger partial charge on any atom is 0.335 e. The average Bonchev–Trinajstić information content (AvgIpc) is 2.67. The predicted molar refractivity (Wildman–Crippen MR) is 101 cm³/mol. The molecular formula is C20H16N2O5. The van der Waals surface area contributed by atoms with Gasteiger partial charge in [0, 0.05) is 17.8 Å². The molecule has 0 aliphatic heterocycles. The molecule has 0 heterocycles. The van der Waals surface area contributed by atoms with Gasteiger partial charge in [-0.2, -0.15) is 0 Å². The van der Waals surface area contributed by atoms with Gasteiger partial charge in [0.15, 0.2) is 0 Å². The summed E-state index contributed by atoms with van der Waals surface area (Å²) >= 11 is 0. The topological polar surface area (TPSA) is 102 Å². The van der Waals surface area contributed by atoms with E-state index >= 15 is 0 Å². The molecule has 0 aromatic heterocycles. The fraction of sp³-hybridized carbons (Fsp3) is 0.0500. The van der Waals surface area contributed by atoms with E-state index in [2.05, 4.69) is 5.32 Å². The van der Waals surface area contributed by atoms with Gasteiger partial charge in [-0.15, -0.1) is 0 Å². The van der Waals surface area contributed by atoms with Crippen molar-refractivity contribution in [3.8, 4) is 5.75 Å². The summed E-state index contributed by atoms with van der Waals surface area (Å²) < 4.78 is 5.75. The van der Waals surface area contributed by atoms with Gasteiger partial charge < -0.3 is 15.2 Å². The highest BCUT2D eigenvalue weighted by atomic mass is 16.6. The van der Waals surface area contributed by atoms with Crippen LogP contribution in [0.1, 0.15) is 15.9 Å².